The Kier molecular flexibility index (Phi) is 6.05. The number of rotatable bonds is 5. The molecular weight excluding hydrogens is 334 g/mol. The average Bonchev–Trinajstić information content (AvgIpc) is 3.00. The molecular formula is C23H33N3O. The molecule has 0 radical (unpaired) electrons. The van der Waals surface area contributed by atoms with Crippen LogP contribution in [0.2, 0.25) is 0 Å². The molecule has 1 aromatic carbocycles. The van der Waals surface area contributed by atoms with Crippen molar-refractivity contribution in [3.05, 3.63) is 53.3 Å². The topological polar surface area (TPSA) is 28.5 Å². The summed E-state index contributed by atoms with van der Waals surface area (Å²) >= 11 is 0. The molecule has 0 spiro atoms. The summed E-state index contributed by atoms with van der Waals surface area (Å²) < 4.78 is 2.21. The van der Waals surface area contributed by atoms with E-state index < -0.39 is 0 Å². The number of likely N-dealkylation sites (tertiary alicyclic amines) is 1. The highest BCUT2D eigenvalue weighted by Gasteiger charge is 2.24. The van der Waals surface area contributed by atoms with Gasteiger partial charge in [0, 0.05) is 48.3 Å². The number of aromatic nitrogens is 1. The van der Waals surface area contributed by atoms with E-state index in [2.05, 4.69) is 68.5 Å². The van der Waals surface area contributed by atoms with E-state index in [0.717, 1.165) is 43.7 Å². The summed E-state index contributed by atoms with van der Waals surface area (Å²) in [6.45, 7) is 11.5. The number of aryl methyl sites for hydroxylation is 2. The smallest absolute Gasteiger partial charge is 0.253 e. The van der Waals surface area contributed by atoms with Gasteiger partial charge in [-0.2, -0.15) is 0 Å². The summed E-state index contributed by atoms with van der Waals surface area (Å²) in [7, 11) is 2.19. The molecule has 0 aliphatic carbocycles. The summed E-state index contributed by atoms with van der Waals surface area (Å²) in [5.41, 5.74) is 4.32. The standard InChI is InChI=1S/C23H33N3O/c1-17(2)24(5)16-20-12-14-25(15-13-20)23(27)21-8-10-22(11-9-21)26-18(3)6-7-19(26)4/h6-11,17,20H,12-16H2,1-5H3. The number of carbonyl (C=O) groups excluding carboxylic acids is 1. The lowest BCUT2D eigenvalue weighted by atomic mass is 9.95. The van der Waals surface area contributed by atoms with Crippen LogP contribution in [-0.4, -0.2) is 53.0 Å². The molecule has 0 saturated carbocycles. The van der Waals surface area contributed by atoms with Crippen LogP contribution in [0.3, 0.4) is 0 Å². The molecule has 0 atom stereocenters. The SMILES string of the molecule is Cc1ccc(C)n1-c1ccc(C(=O)N2CCC(CN(C)C(C)C)CC2)cc1. The van der Waals surface area contributed by atoms with Gasteiger partial charge in [-0.1, -0.05) is 0 Å². The monoisotopic (exact) mass is 367 g/mol. The highest BCUT2D eigenvalue weighted by Crippen LogP contribution is 2.22. The molecule has 2 aromatic rings. The fourth-order valence-corrected chi connectivity index (χ4v) is 3.95. The Morgan fingerprint density at radius 3 is 2.11 bits per heavy atom. The lowest BCUT2D eigenvalue weighted by Gasteiger charge is -2.35. The van der Waals surface area contributed by atoms with Gasteiger partial charge in [-0.15, -0.1) is 0 Å². The van der Waals surface area contributed by atoms with Gasteiger partial charge in [0.2, 0.25) is 0 Å². The molecule has 4 nitrogen and oxygen atoms in total. The van der Waals surface area contributed by atoms with E-state index in [9.17, 15) is 4.79 Å². The Morgan fingerprint density at radius 1 is 1.04 bits per heavy atom. The quantitative estimate of drug-likeness (QED) is 0.789. The minimum Gasteiger partial charge on any atom is -0.339 e. The van der Waals surface area contributed by atoms with Crippen molar-refractivity contribution in [2.45, 2.75) is 46.6 Å². The maximum atomic E-state index is 12.9. The van der Waals surface area contributed by atoms with Crippen molar-refractivity contribution in [1.82, 2.24) is 14.4 Å². The van der Waals surface area contributed by atoms with E-state index in [-0.39, 0.29) is 5.91 Å². The minimum atomic E-state index is 0.165. The lowest BCUT2D eigenvalue weighted by molar-refractivity contribution is 0.0666. The predicted molar refractivity (Wildman–Crippen MR) is 112 cm³/mol. The van der Waals surface area contributed by atoms with E-state index in [0.29, 0.717) is 12.0 Å². The van der Waals surface area contributed by atoms with Gasteiger partial charge in [0.15, 0.2) is 0 Å². The van der Waals surface area contributed by atoms with Crippen LogP contribution < -0.4 is 0 Å². The Hall–Kier alpha value is -2.07. The van der Waals surface area contributed by atoms with Gasteiger partial charge in [-0.25, -0.2) is 0 Å². The van der Waals surface area contributed by atoms with Crippen LogP contribution in [0.25, 0.3) is 5.69 Å². The number of hydrogen-bond donors (Lipinski definition) is 0. The Bertz CT molecular complexity index is 748. The number of piperidine rings is 1. The molecule has 1 aliphatic rings. The largest absolute Gasteiger partial charge is 0.339 e. The Balaban J connectivity index is 1.61. The van der Waals surface area contributed by atoms with Gasteiger partial charge in [0.25, 0.3) is 5.91 Å². The summed E-state index contributed by atoms with van der Waals surface area (Å²) in [5.74, 6) is 0.863. The third kappa shape index (κ3) is 4.44. The van der Waals surface area contributed by atoms with Crippen LogP contribution in [-0.2, 0) is 0 Å². The third-order valence-electron chi connectivity index (χ3n) is 5.97. The highest BCUT2D eigenvalue weighted by molar-refractivity contribution is 5.94. The molecule has 1 fully saturated rings. The van der Waals surface area contributed by atoms with E-state index in [1.807, 2.05) is 17.0 Å². The molecule has 2 heterocycles. The molecule has 0 N–H and O–H groups in total. The maximum absolute atomic E-state index is 12.9. The second-order valence-electron chi connectivity index (χ2n) is 8.27. The highest BCUT2D eigenvalue weighted by atomic mass is 16.2. The molecule has 1 saturated heterocycles. The molecule has 27 heavy (non-hydrogen) atoms. The minimum absolute atomic E-state index is 0.165. The lowest BCUT2D eigenvalue weighted by Crippen LogP contribution is -2.42. The van der Waals surface area contributed by atoms with E-state index >= 15 is 0 Å². The van der Waals surface area contributed by atoms with Crippen LogP contribution in [0.15, 0.2) is 36.4 Å². The second-order valence-corrected chi connectivity index (χ2v) is 8.27. The second kappa shape index (κ2) is 8.30. The molecule has 146 valence electrons. The van der Waals surface area contributed by atoms with Crippen LogP contribution in [0.5, 0.6) is 0 Å². The molecule has 0 unspecified atom stereocenters. The first-order valence-electron chi connectivity index (χ1n) is 10.1. The van der Waals surface area contributed by atoms with Crippen molar-refractivity contribution < 1.29 is 4.79 Å². The predicted octanol–water partition coefficient (Wildman–Crippen LogP) is 4.29. The molecule has 4 heteroatoms. The summed E-state index contributed by atoms with van der Waals surface area (Å²) in [6, 6.07) is 12.9. The molecule has 3 rings (SSSR count). The Morgan fingerprint density at radius 2 is 1.59 bits per heavy atom. The van der Waals surface area contributed by atoms with Crippen molar-refractivity contribution in [2.75, 3.05) is 26.7 Å². The zero-order chi connectivity index (χ0) is 19.6. The first-order chi connectivity index (χ1) is 12.9. The van der Waals surface area contributed by atoms with Crippen LogP contribution >= 0.6 is 0 Å². The summed E-state index contributed by atoms with van der Waals surface area (Å²) in [5, 5.41) is 0. The maximum Gasteiger partial charge on any atom is 0.253 e. The number of amides is 1. The van der Waals surface area contributed by atoms with Crippen molar-refractivity contribution in [2.24, 2.45) is 5.92 Å². The summed E-state index contributed by atoms with van der Waals surface area (Å²) in [6.07, 6.45) is 2.20. The molecule has 1 amide bonds. The van der Waals surface area contributed by atoms with Crippen LogP contribution in [0.4, 0.5) is 0 Å². The number of nitrogens with zero attached hydrogens (tertiary/aromatic N) is 3. The molecule has 1 aliphatic heterocycles. The van der Waals surface area contributed by atoms with Crippen LogP contribution in [0.1, 0.15) is 48.4 Å². The number of carbonyl (C=O) groups is 1. The van der Waals surface area contributed by atoms with Crippen molar-refractivity contribution in [3.8, 4) is 5.69 Å². The zero-order valence-corrected chi connectivity index (χ0v) is 17.4. The van der Waals surface area contributed by atoms with Crippen molar-refractivity contribution >= 4 is 5.91 Å². The van der Waals surface area contributed by atoms with E-state index in [1.165, 1.54) is 11.4 Å². The molecule has 1 aromatic heterocycles. The number of hydrogen-bond acceptors (Lipinski definition) is 2. The average molecular weight is 368 g/mol. The zero-order valence-electron chi connectivity index (χ0n) is 17.4. The van der Waals surface area contributed by atoms with E-state index in [4.69, 9.17) is 0 Å². The molecule has 0 bridgehead atoms. The normalized spacial score (nSPS) is 15.7. The van der Waals surface area contributed by atoms with Gasteiger partial charge in [0.05, 0.1) is 0 Å². The fraction of sp³-hybridized carbons (Fsp3) is 0.522. The first-order valence-corrected chi connectivity index (χ1v) is 10.1. The number of benzene rings is 1. The van der Waals surface area contributed by atoms with Gasteiger partial charge >= 0.3 is 0 Å². The van der Waals surface area contributed by atoms with Gasteiger partial charge < -0.3 is 14.4 Å². The van der Waals surface area contributed by atoms with Crippen LogP contribution in [0, 0.1) is 19.8 Å². The van der Waals surface area contributed by atoms with Gasteiger partial charge in [-0.05, 0) is 89.9 Å². The van der Waals surface area contributed by atoms with Crippen molar-refractivity contribution in [3.63, 3.8) is 0 Å². The van der Waals surface area contributed by atoms with Crippen molar-refractivity contribution in [1.29, 1.82) is 0 Å². The van der Waals surface area contributed by atoms with Gasteiger partial charge in [0.1, 0.15) is 0 Å². The first kappa shape index (κ1) is 19.7. The summed E-state index contributed by atoms with van der Waals surface area (Å²) in [4.78, 5) is 17.3. The van der Waals surface area contributed by atoms with E-state index in [1.54, 1.807) is 0 Å². The van der Waals surface area contributed by atoms with Gasteiger partial charge in [-0.3, -0.25) is 4.79 Å². The fourth-order valence-electron chi connectivity index (χ4n) is 3.95. The Labute approximate surface area is 163 Å². The third-order valence-corrected chi connectivity index (χ3v) is 5.97.